The fourth-order valence-electron chi connectivity index (χ4n) is 3.02. The summed E-state index contributed by atoms with van der Waals surface area (Å²) in [5.74, 6) is 0.479. The number of hydrogen-bond donors (Lipinski definition) is 1. The molecule has 1 saturated heterocycles. The first kappa shape index (κ1) is 14.7. The van der Waals surface area contributed by atoms with E-state index in [1.54, 1.807) is 25.4 Å². The number of carbonyl (C=O) groups is 1. The topological polar surface area (TPSA) is 67.3 Å². The Morgan fingerprint density at radius 2 is 2.45 bits per heavy atom. The molecule has 0 aliphatic carbocycles. The number of nitrogens with zero attached hydrogens (tertiary/aromatic N) is 3. The number of urea groups is 1. The maximum atomic E-state index is 12.5. The Kier molecular flexibility index (Phi) is 4.89. The fourth-order valence-corrected chi connectivity index (χ4v) is 3.02. The van der Waals surface area contributed by atoms with E-state index in [-0.39, 0.29) is 11.6 Å². The van der Waals surface area contributed by atoms with Gasteiger partial charge in [0.05, 0.1) is 12.1 Å². The highest BCUT2D eigenvalue weighted by Gasteiger charge is 2.43. The van der Waals surface area contributed by atoms with Crippen LogP contribution in [0.25, 0.3) is 0 Å². The van der Waals surface area contributed by atoms with Crippen LogP contribution in [0.5, 0.6) is 0 Å². The Bertz CT molecular complexity index is 432. The number of carbonyl (C=O) groups excluding carboxylic acids is 1. The first-order valence-electron chi connectivity index (χ1n) is 7.07. The van der Waals surface area contributed by atoms with Gasteiger partial charge in [0.2, 0.25) is 0 Å². The molecular formula is C14H22N4O2. The second kappa shape index (κ2) is 6.65. The predicted octanol–water partition coefficient (Wildman–Crippen LogP) is 2.29. The Morgan fingerprint density at radius 1 is 1.60 bits per heavy atom. The molecule has 6 nitrogen and oxygen atoms in total. The van der Waals surface area contributed by atoms with Gasteiger partial charge in [-0.05, 0) is 31.4 Å². The van der Waals surface area contributed by atoms with Gasteiger partial charge in [-0.3, -0.25) is 5.32 Å². The lowest BCUT2D eigenvalue weighted by Crippen LogP contribution is -2.52. The van der Waals surface area contributed by atoms with E-state index in [0.717, 1.165) is 32.2 Å². The average Bonchev–Trinajstić information content (AvgIpc) is 2.84. The zero-order valence-electron chi connectivity index (χ0n) is 12.1. The number of methoxy groups -OCH3 is 1. The number of aromatic nitrogens is 2. The molecule has 110 valence electrons. The summed E-state index contributed by atoms with van der Waals surface area (Å²) in [4.78, 5) is 14.4. The summed E-state index contributed by atoms with van der Waals surface area (Å²) in [6.07, 6.45) is 5.56. The lowest BCUT2D eigenvalue weighted by Gasteiger charge is -2.37. The minimum Gasteiger partial charge on any atom is -0.382 e. The van der Waals surface area contributed by atoms with Crippen LogP contribution in [0.4, 0.5) is 10.6 Å². The lowest BCUT2D eigenvalue weighted by molar-refractivity contribution is 0.0539. The highest BCUT2D eigenvalue weighted by Crippen LogP contribution is 2.34. The summed E-state index contributed by atoms with van der Waals surface area (Å²) in [6.45, 7) is 3.47. The minimum absolute atomic E-state index is 0.117. The van der Waals surface area contributed by atoms with E-state index in [4.69, 9.17) is 4.74 Å². The molecule has 1 aromatic heterocycles. The molecule has 2 rings (SSSR count). The SMILES string of the molecule is CCC[C@@]1(COC)CCCN1C(=O)Nc1cccnn1. The molecule has 2 amide bonds. The molecule has 20 heavy (non-hydrogen) atoms. The Labute approximate surface area is 119 Å². The van der Waals surface area contributed by atoms with Crippen LogP contribution >= 0.6 is 0 Å². The van der Waals surface area contributed by atoms with Crippen molar-refractivity contribution in [1.29, 1.82) is 0 Å². The van der Waals surface area contributed by atoms with Crippen molar-refractivity contribution >= 4 is 11.8 Å². The van der Waals surface area contributed by atoms with Crippen LogP contribution in [-0.2, 0) is 4.74 Å². The summed E-state index contributed by atoms with van der Waals surface area (Å²) >= 11 is 0. The summed E-state index contributed by atoms with van der Waals surface area (Å²) in [7, 11) is 1.69. The van der Waals surface area contributed by atoms with Gasteiger partial charge in [-0.1, -0.05) is 13.3 Å². The highest BCUT2D eigenvalue weighted by molar-refractivity contribution is 5.89. The van der Waals surface area contributed by atoms with Gasteiger partial charge in [0, 0.05) is 19.9 Å². The number of amides is 2. The van der Waals surface area contributed by atoms with E-state index in [2.05, 4.69) is 22.4 Å². The van der Waals surface area contributed by atoms with Crippen LogP contribution in [0.1, 0.15) is 32.6 Å². The van der Waals surface area contributed by atoms with Gasteiger partial charge in [0.15, 0.2) is 5.82 Å². The monoisotopic (exact) mass is 278 g/mol. The minimum atomic E-state index is -0.185. The van der Waals surface area contributed by atoms with Crippen molar-refractivity contribution in [1.82, 2.24) is 15.1 Å². The van der Waals surface area contributed by atoms with Gasteiger partial charge >= 0.3 is 6.03 Å². The fraction of sp³-hybridized carbons (Fsp3) is 0.643. The maximum absolute atomic E-state index is 12.5. The van der Waals surface area contributed by atoms with Crippen LogP contribution in [0.15, 0.2) is 18.3 Å². The molecule has 1 aromatic rings. The van der Waals surface area contributed by atoms with Crippen molar-refractivity contribution < 1.29 is 9.53 Å². The zero-order valence-corrected chi connectivity index (χ0v) is 12.1. The normalized spacial score (nSPS) is 22.0. The molecule has 1 aliphatic rings. The summed E-state index contributed by atoms with van der Waals surface area (Å²) in [6, 6.07) is 3.37. The van der Waals surface area contributed by atoms with Crippen LogP contribution < -0.4 is 5.32 Å². The molecule has 0 spiro atoms. The van der Waals surface area contributed by atoms with Crippen molar-refractivity contribution in [3.05, 3.63) is 18.3 Å². The van der Waals surface area contributed by atoms with Crippen molar-refractivity contribution in [3.63, 3.8) is 0 Å². The summed E-state index contributed by atoms with van der Waals surface area (Å²) in [5.41, 5.74) is -0.185. The second-order valence-electron chi connectivity index (χ2n) is 5.20. The molecule has 0 aromatic carbocycles. The lowest BCUT2D eigenvalue weighted by atomic mass is 9.91. The predicted molar refractivity (Wildman–Crippen MR) is 76.5 cm³/mol. The molecule has 1 aliphatic heterocycles. The van der Waals surface area contributed by atoms with Gasteiger partial charge in [-0.15, -0.1) is 5.10 Å². The number of anilines is 1. The molecule has 2 heterocycles. The first-order valence-corrected chi connectivity index (χ1v) is 7.07. The third kappa shape index (κ3) is 3.07. The molecule has 1 fully saturated rings. The standard InChI is InChI=1S/C14H22N4O2/c1-3-7-14(11-20-2)8-5-10-18(14)13(19)16-12-6-4-9-15-17-12/h4,6,9H,3,5,7-8,10-11H2,1-2H3,(H,16,17,19)/t14-/m0/s1. The number of hydrogen-bond acceptors (Lipinski definition) is 4. The molecule has 0 unspecified atom stereocenters. The molecule has 0 bridgehead atoms. The molecule has 0 saturated carbocycles. The van der Waals surface area contributed by atoms with E-state index < -0.39 is 0 Å². The molecule has 1 atom stereocenters. The van der Waals surface area contributed by atoms with E-state index in [1.165, 1.54) is 0 Å². The van der Waals surface area contributed by atoms with Gasteiger partial charge in [0.1, 0.15) is 0 Å². The van der Waals surface area contributed by atoms with Crippen molar-refractivity contribution in [3.8, 4) is 0 Å². The quantitative estimate of drug-likeness (QED) is 0.897. The highest BCUT2D eigenvalue weighted by atomic mass is 16.5. The first-order chi connectivity index (χ1) is 9.72. The van der Waals surface area contributed by atoms with E-state index in [1.807, 2.05) is 4.90 Å². The Morgan fingerprint density at radius 3 is 3.10 bits per heavy atom. The number of ether oxygens (including phenoxy) is 1. The largest absolute Gasteiger partial charge is 0.382 e. The van der Waals surface area contributed by atoms with Gasteiger partial charge < -0.3 is 9.64 Å². The van der Waals surface area contributed by atoms with Crippen molar-refractivity contribution in [2.24, 2.45) is 0 Å². The van der Waals surface area contributed by atoms with Crippen molar-refractivity contribution in [2.45, 2.75) is 38.1 Å². The third-order valence-corrected chi connectivity index (χ3v) is 3.78. The average molecular weight is 278 g/mol. The van der Waals surface area contributed by atoms with Crippen LogP contribution in [0.3, 0.4) is 0 Å². The Hall–Kier alpha value is -1.69. The number of likely N-dealkylation sites (tertiary alicyclic amines) is 1. The van der Waals surface area contributed by atoms with Crippen LogP contribution in [0.2, 0.25) is 0 Å². The van der Waals surface area contributed by atoms with Crippen molar-refractivity contribution in [2.75, 3.05) is 25.6 Å². The Balaban J connectivity index is 2.10. The van der Waals surface area contributed by atoms with Gasteiger partial charge in [0.25, 0.3) is 0 Å². The summed E-state index contributed by atoms with van der Waals surface area (Å²) < 4.78 is 5.36. The molecule has 6 heteroatoms. The number of nitrogens with one attached hydrogen (secondary N) is 1. The van der Waals surface area contributed by atoms with E-state index >= 15 is 0 Å². The van der Waals surface area contributed by atoms with E-state index in [9.17, 15) is 4.79 Å². The van der Waals surface area contributed by atoms with Crippen LogP contribution in [0, 0.1) is 0 Å². The van der Waals surface area contributed by atoms with Gasteiger partial charge in [-0.25, -0.2) is 4.79 Å². The second-order valence-corrected chi connectivity index (χ2v) is 5.20. The third-order valence-electron chi connectivity index (χ3n) is 3.78. The number of rotatable bonds is 5. The molecule has 0 radical (unpaired) electrons. The molecular weight excluding hydrogens is 256 g/mol. The molecule has 1 N–H and O–H groups in total. The van der Waals surface area contributed by atoms with Gasteiger partial charge in [-0.2, -0.15) is 5.10 Å². The van der Waals surface area contributed by atoms with E-state index in [0.29, 0.717) is 12.4 Å². The smallest absolute Gasteiger partial charge is 0.323 e. The summed E-state index contributed by atoms with van der Waals surface area (Å²) in [5, 5.41) is 10.5. The van der Waals surface area contributed by atoms with Crippen LogP contribution in [-0.4, -0.2) is 46.9 Å². The zero-order chi connectivity index (χ0) is 14.4. The maximum Gasteiger partial charge on any atom is 0.323 e.